The van der Waals surface area contributed by atoms with Crippen molar-refractivity contribution in [2.75, 3.05) is 11.9 Å². The van der Waals surface area contributed by atoms with E-state index in [1.165, 1.54) is 23.7 Å². The van der Waals surface area contributed by atoms with Gasteiger partial charge in [-0.2, -0.15) is 0 Å². The van der Waals surface area contributed by atoms with Crippen LogP contribution in [0.3, 0.4) is 0 Å². The third-order valence-electron chi connectivity index (χ3n) is 3.63. The standard InChI is InChI=1S/C15H22N2O3/c1-9(17-14(10(2)18)15(19)20)7-11-3-4-13-12(8-11)5-6-16-13/h3-4,8-10,14,16-18H,5-7H2,1-2H3,(H,19,20). The van der Waals surface area contributed by atoms with Crippen LogP contribution in [-0.4, -0.2) is 40.9 Å². The van der Waals surface area contributed by atoms with Crippen LogP contribution in [0.2, 0.25) is 0 Å². The quantitative estimate of drug-likeness (QED) is 0.624. The lowest BCUT2D eigenvalue weighted by atomic mass is 10.0. The number of aliphatic hydroxyl groups excluding tert-OH is 1. The molecule has 0 bridgehead atoms. The molecule has 0 amide bonds. The maximum atomic E-state index is 11.1. The summed E-state index contributed by atoms with van der Waals surface area (Å²) in [7, 11) is 0. The van der Waals surface area contributed by atoms with E-state index in [4.69, 9.17) is 5.11 Å². The maximum absolute atomic E-state index is 11.1. The maximum Gasteiger partial charge on any atom is 0.323 e. The molecule has 0 spiro atoms. The fourth-order valence-corrected chi connectivity index (χ4v) is 2.62. The minimum Gasteiger partial charge on any atom is -0.480 e. The van der Waals surface area contributed by atoms with Crippen LogP contribution in [-0.2, 0) is 17.6 Å². The molecule has 1 heterocycles. The number of carboxylic acid groups (broad SMARTS) is 1. The van der Waals surface area contributed by atoms with E-state index in [-0.39, 0.29) is 6.04 Å². The number of hydrogen-bond acceptors (Lipinski definition) is 4. The van der Waals surface area contributed by atoms with Gasteiger partial charge >= 0.3 is 5.97 Å². The molecule has 5 nitrogen and oxygen atoms in total. The molecule has 0 aliphatic carbocycles. The first-order valence-electron chi connectivity index (χ1n) is 7.00. The summed E-state index contributed by atoms with van der Waals surface area (Å²) >= 11 is 0. The molecule has 1 aromatic carbocycles. The minimum absolute atomic E-state index is 0.0156. The van der Waals surface area contributed by atoms with Crippen molar-refractivity contribution < 1.29 is 15.0 Å². The van der Waals surface area contributed by atoms with Crippen molar-refractivity contribution in [3.8, 4) is 0 Å². The fourth-order valence-electron chi connectivity index (χ4n) is 2.62. The van der Waals surface area contributed by atoms with E-state index in [1.54, 1.807) is 0 Å². The molecule has 3 unspecified atom stereocenters. The van der Waals surface area contributed by atoms with Gasteiger partial charge in [-0.05, 0) is 43.9 Å². The molecule has 1 aromatic rings. The number of aliphatic carboxylic acids is 1. The van der Waals surface area contributed by atoms with E-state index >= 15 is 0 Å². The molecular formula is C15H22N2O3. The molecule has 4 N–H and O–H groups in total. The van der Waals surface area contributed by atoms with Crippen molar-refractivity contribution in [3.05, 3.63) is 29.3 Å². The first-order chi connectivity index (χ1) is 9.47. The summed E-state index contributed by atoms with van der Waals surface area (Å²) in [4.78, 5) is 11.1. The number of nitrogens with one attached hydrogen (secondary N) is 2. The zero-order chi connectivity index (χ0) is 14.7. The Kier molecular flexibility index (Phi) is 4.62. The van der Waals surface area contributed by atoms with Gasteiger partial charge in [0.05, 0.1) is 6.10 Å². The topological polar surface area (TPSA) is 81.6 Å². The van der Waals surface area contributed by atoms with Crippen LogP contribution in [0.1, 0.15) is 25.0 Å². The molecule has 0 fully saturated rings. The number of anilines is 1. The predicted molar refractivity (Wildman–Crippen MR) is 78.0 cm³/mol. The third-order valence-corrected chi connectivity index (χ3v) is 3.63. The molecule has 0 radical (unpaired) electrons. The van der Waals surface area contributed by atoms with E-state index in [9.17, 15) is 9.90 Å². The molecule has 5 heteroatoms. The molecule has 0 aromatic heterocycles. The van der Waals surface area contributed by atoms with Gasteiger partial charge in [-0.15, -0.1) is 0 Å². The second kappa shape index (κ2) is 6.24. The number of aliphatic hydroxyl groups is 1. The summed E-state index contributed by atoms with van der Waals surface area (Å²) in [6.07, 6.45) is 0.861. The van der Waals surface area contributed by atoms with Crippen LogP contribution in [0, 0.1) is 0 Å². The van der Waals surface area contributed by atoms with E-state index in [2.05, 4.69) is 28.8 Å². The molecule has 3 atom stereocenters. The van der Waals surface area contributed by atoms with Crippen molar-refractivity contribution >= 4 is 11.7 Å². The van der Waals surface area contributed by atoms with Gasteiger partial charge in [-0.3, -0.25) is 10.1 Å². The van der Waals surface area contributed by atoms with Crippen molar-refractivity contribution in [2.45, 2.75) is 44.9 Å². The summed E-state index contributed by atoms with van der Waals surface area (Å²) in [5, 5.41) is 24.8. The number of hydrogen-bond donors (Lipinski definition) is 4. The highest BCUT2D eigenvalue weighted by Crippen LogP contribution is 2.23. The molecule has 20 heavy (non-hydrogen) atoms. The highest BCUT2D eigenvalue weighted by molar-refractivity contribution is 5.74. The van der Waals surface area contributed by atoms with Crippen molar-refractivity contribution in [1.82, 2.24) is 5.32 Å². The van der Waals surface area contributed by atoms with Crippen LogP contribution >= 0.6 is 0 Å². The number of benzene rings is 1. The Hall–Kier alpha value is -1.59. The zero-order valence-corrected chi connectivity index (χ0v) is 11.9. The van der Waals surface area contributed by atoms with Gasteiger partial charge in [-0.1, -0.05) is 12.1 Å². The molecule has 0 saturated heterocycles. The average molecular weight is 278 g/mol. The Morgan fingerprint density at radius 2 is 2.20 bits per heavy atom. The smallest absolute Gasteiger partial charge is 0.323 e. The number of carboxylic acids is 1. The Labute approximate surface area is 119 Å². The molecule has 1 aliphatic heterocycles. The van der Waals surface area contributed by atoms with Gasteiger partial charge in [0.25, 0.3) is 0 Å². The first-order valence-corrected chi connectivity index (χ1v) is 7.00. The van der Waals surface area contributed by atoms with Crippen LogP contribution in [0.25, 0.3) is 0 Å². The minimum atomic E-state index is -1.02. The summed E-state index contributed by atoms with van der Waals surface area (Å²) in [6.45, 7) is 4.40. The van der Waals surface area contributed by atoms with Gasteiger partial charge < -0.3 is 15.5 Å². The summed E-state index contributed by atoms with van der Waals surface area (Å²) in [6, 6.07) is 5.37. The van der Waals surface area contributed by atoms with Crippen LogP contribution in [0.15, 0.2) is 18.2 Å². The summed E-state index contributed by atoms with van der Waals surface area (Å²) in [5.41, 5.74) is 3.70. The van der Waals surface area contributed by atoms with Crippen molar-refractivity contribution in [3.63, 3.8) is 0 Å². The van der Waals surface area contributed by atoms with Crippen LogP contribution in [0.5, 0.6) is 0 Å². The largest absolute Gasteiger partial charge is 0.480 e. The zero-order valence-electron chi connectivity index (χ0n) is 11.9. The third kappa shape index (κ3) is 3.49. The first kappa shape index (κ1) is 14.8. The molecule has 0 saturated carbocycles. The second-order valence-electron chi connectivity index (χ2n) is 5.50. The number of rotatable bonds is 6. The van der Waals surface area contributed by atoms with E-state index in [1.807, 2.05) is 6.92 Å². The lowest BCUT2D eigenvalue weighted by Crippen LogP contribution is -2.49. The number of fused-ring (bicyclic) bond motifs is 1. The molecule has 1 aliphatic rings. The van der Waals surface area contributed by atoms with E-state index in [0.29, 0.717) is 0 Å². The van der Waals surface area contributed by atoms with Gasteiger partial charge in [0.15, 0.2) is 0 Å². The van der Waals surface area contributed by atoms with Gasteiger partial charge in [0, 0.05) is 18.3 Å². The van der Waals surface area contributed by atoms with Crippen LogP contribution in [0.4, 0.5) is 5.69 Å². The Morgan fingerprint density at radius 3 is 2.85 bits per heavy atom. The number of carbonyl (C=O) groups is 1. The van der Waals surface area contributed by atoms with E-state index < -0.39 is 18.1 Å². The Balaban J connectivity index is 1.97. The monoisotopic (exact) mass is 278 g/mol. The van der Waals surface area contributed by atoms with E-state index in [0.717, 1.165) is 19.4 Å². The fraction of sp³-hybridized carbons (Fsp3) is 0.533. The van der Waals surface area contributed by atoms with Crippen molar-refractivity contribution in [1.29, 1.82) is 0 Å². The Bertz CT molecular complexity index is 488. The van der Waals surface area contributed by atoms with Gasteiger partial charge in [0.1, 0.15) is 6.04 Å². The average Bonchev–Trinajstić information content (AvgIpc) is 2.82. The second-order valence-corrected chi connectivity index (χ2v) is 5.50. The van der Waals surface area contributed by atoms with Crippen LogP contribution < -0.4 is 10.6 Å². The lowest BCUT2D eigenvalue weighted by Gasteiger charge is -2.22. The molecular weight excluding hydrogens is 256 g/mol. The Morgan fingerprint density at radius 1 is 1.45 bits per heavy atom. The highest BCUT2D eigenvalue weighted by atomic mass is 16.4. The van der Waals surface area contributed by atoms with Crippen molar-refractivity contribution in [2.24, 2.45) is 0 Å². The molecule has 2 rings (SSSR count). The van der Waals surface area contributed by atoms with Gasteiger partial charge in [0.2, 0.25) is 0 Å². The molecule has 110 valence electrons. The predicted octanol–water partition coefficient (Wildman–Crippen LogP) is 1.01. The lowest BCUT2D eigenvalue weighted by molar-refractivity contribution is -0.142. The summed E-state index contributed by atoms with van der Waals surface area (Å²) in [5.74, 6) is -1.02. The normalized spacial score (nSPS) is 17.9. The SMILES string of the molecule is CC(Cc1ccc2c(c1)CCN2)NC(C(=O)O)C(C)O. The van der Waals surface area contributed by atoms with Gasteiger partial charge in [-0.25, -0.2) is 0 Å². The highest BCUT2D eigenvalue weighted by Gasteiger charge is 2.24. The summed E-state index contributed by atoms with van der Waals surface area (Å²) < 4.78 is 0.